The molecule has 0 N–H and O–H groups in total. The van der Waals surface area contributed by atoms with E-state index in [0.717, 1.165) is 43.5 Å². The van der Waals surface area contributed by atoms with Crippen LogP contribution in [0.25, 0.3) is 11.5 Å². The number of likely N-dealkylation sites (tertiary alicyclic amines) is 1. The predicted molar refractivity (Wildman–Crippen MR) is 98.8 cm³/mol. The van der Waals surface area contributed by atoms with Crippen molar-refractivity contribution in [3.8, 4) is 11.5 Å². The van der Waals surface area contributed by atoms with Crippen LogP contribution in [0.4, 0.5) is 0 Å². The van der Waals surface area contributed by atoms with Gasteiger partial charge in [0.1, 0.15) is 5.69 Å². The second kappa shape index (κ2) is 7.65. The summed E-state index contributed by atoms with van der Waals surface area (Å²) in [5.74, 6) is 1.65. The largest absolute Gasteiger partial charge is 0.337 e. The van der Waals surface area contributed by atoms with E-state index in [9.17, 15) is 4.79 Å². The molecule has 0 bridgehead atoms. The van der Waals surface area contributed by atoms with E-state index >= 15 is 0 Å². The number of pyridine rings is 2. The van der Waals surface area contributed by atoms with Crippen molar-refractivity contribution >= 4 is 5.91 Å². The molecule has 0 saturated carbocycles. The molecule has 7 heteroatoms. The maximum Gasteiger partial charge on any atom is 0.272 e. The smallest absolute Gasteiger partial charge is 0.272 e. The zero-order chi connectivity index (χ0) is 18.6. The molecule has 0 aromatic carbocycles. The van der Waals surface area contributed by atoms with Crippen LogP contribution in [0.15, 0.2) is 47.4 Å². The Morgan fingerprint density at radius 2 is 2.19 bits per heavy atom. The van der Waals surface area contributed by atoms with Gasteiger partial charge in [-0.25, -0.2) is 0 Å². The molecule has 7 nitrogen and oxygen atoms in total. The van der Waals surface area contributed by atoms with E-state index in [2.05, 4.69) is 20.1 Å². The van der Waals surface area contributed by atoms with Crippen molar-refractivity contribution in [2.75, 3.05) is 13.1 Å². The summed E-state index contributed by atoms with van der Waals surface area (Å²) in [5.41, 5.74) is 2.29. The first-order chi connectivity index (χ1) is 13.2. The van der Waals surface area contributed by atoms with E-state index in [4.69, 9.17) is 4.52 Å². The molecule has 1 aliphatic heterocycles. The van der Waals surface area contributed by atoms with Gasteiger partial charge in [-0.05, 0) is 49.4 Å². The van der Waals surface area contributed by atoms with Gasteiger partial charge in [0.2, 0.25) is 0 Å². The summed E-state index contributed by atoms with van der Waals surface area (Å²) in [7, 11) is 0. The van der Waals surface area contributed by atoms with Crippen molar-refractivity contribution in [3.05, 3.63) is 59.9 Å². The minimum Gasteiger partial charge on any atom is -0.337 e. The van der Waals surface area contributed by atoms with Gasteiger partial charge in [0.25, 0.3) is 11.8 Å². The molecule has 138 valence electrons. The van der Waals surface area contributed by atoms with E-state index < -0.39 is 0 Å². The molecule has 1 unspecified atom stereocenters. The zero-order valence-corrected chi connectivity index (χ0v) is 15.2. The van der Waals surface area contributed by atoms with Crippen LogP contribution >= 0.6 is 0 Å². The maximum absolute atomic E-state index is 12.7. The molecule has 27 heavy (non-hydrogen) atoms. The molecule has 1 aliphatic rings. The van der Waals surface area contributed by atoms with Crippen LogP contribution in [0.5, 0.6) is 0 Å². The monoisotopic (exact) mass is 363 g/mol. The van der Waals surface area contributed by atoms with Crippen LogP contribution < -0.4 is 0 Å². The summed E-state index contributed by atoms with van der Waals surface area (Å²) >= 11 is 0. The fraction of sp³-hybridized carbons (Fsp3) is 0.350. The first kappa shape index (κ1) is 17.3. The predicted octanol–water partition coefficient (Wildman–Crippen LogP) is 2.93. The normalized spacial score (nSPS) is 16.6. The van der Waals surface area contributed by atoms with Crippen LogP contribution in [-0.2, 0) is 6.42 Å². The lowest BCUT2D eigenvalue weighted by Gasteiger charge is -2.16. The number of carbonyl (C=O) groups excluding carboxylic acids is 1. The standard InChI is InChI=1S/C20H21N5O2/c1-14-4-2-10-22-18(14)20(26)25-11-8-15(13-25)6-7-17-23-19(27-24-17)16-5-3-9-21-12-16/h2-5,9-10,12,15H,6-8,11,13H2,1H3. The van der Waals surface area contributed by atoms with Gasteiger partial charge < -0.3 is 9.42 Å². The molecule has 1 amide bonds. The van der Waals surface area contributed by atoms with Crippen LogP contribution in [0.1, 0.15) is 34.7 Å². The number of nitrogens with zero attached hydrogens (tertiary/aromatic N) is 5. The molecular formula is C20H21N5O2. The van der Waals surface area contributed by atoms with Crippen molar-refractivity contribution in [2.24, 2.45) is 5.92 Å². The average Bonchev–Trinajstić information content (AvgIpc) is 3.37. The molecule has 1 saturated heterocycles. The third-order valence-corrected chi connectivity index (χ3v) is 4.94. The molecule has 3 aromatic rings. The summed E-state index contributed by atoms with van der Waals surface area (Å²) in [5, 5.41) is 4.06. The van der Waals surface area contributed by atoms with Gasteiger partial charge in [-0.1, -0.05) is 11.2 Å². The third-order valence-electron chi connectivity index (χ3n) is 4.94. The lowest BCUT2D eigenvalue weighted by molar-refractivity contribution is 0.0780. The van der Waals surface area contributed by atoms with Gasteiger partial charge >= 0.3 is 0 Å². The highest BCUT2D eigenvalue weighted by Gasteiger charge is 2.28. The quantitative estimate of drug-likeness (QED) is 0.693. The van der Waals surface area contributed by atoms with Gasteiger partial charge in [-0.3, -0.25) is 14.8 Å². The Bertz CT molecular complexity index is 925. The Balaban J connectivity index is 1.32. The lowest BCUT2D eigenvalue weighted by Crippen LogP contribution is -2.30. The Labute approximate surface area is 157 Å². The fourth-order valence-electron chi connectivity index (χ4n) is 3.41. The number of aromatic nitrogens is 4. The topological polar surface area (TPSA) is 85.0 Å². The van der Waals surface area contributed by atoms with Crippen LogP contribution in [0.2, 0.25) is 0 Å². The Kier molecular flexibility index (Phi) is 4.91. The van der Waals surface area contributed by atoms with Crippen molar-refractivity contribution in [1.82, 2.24) is 25.0 Å². The SMILES string of the molecule is Cc1cccnc1C(=O)N1CCC(CCc2noc(-c3cccnc3)n2)C1. The number of hydrogen-bond acceptors (Lipinski definition) is 6. The van der Waals surface area contributed by atoms with Crippen LogP contribution in [0.3, 0.4) is 0 Å². The molecule has 0 radical (unpaired) electrons. The molecule has 1 atom stereocenters. The van der Waals surface area contributed by atoms with Crippen molar-refractivity contribution in [3.63, 3.8) is 0 Å². The highest BCUT2D eigenvalue weighted by atomic mass is 16.5. The third kappa shape index (κ3) is 3.86. The highest BCUT2D eigenvalue weighted by molar-refractivity contribution is 5.93. The number of rotatable bonds is 5. The Morgan fingerprint density at radius 1 is 1.30 bits per heavy atom. The maximum atomic E-state index is 12.7. The summed E-state index contributed by atoms with van der Waals surface area (Å²) < 4.78 is 5.32. The van der Waals surface area contributed by atoms with Crippen LogP contribution in [-0.4, -0.2) is 44.0 Å². The number of carbonyl (C=O) groups is 1. The van der Waals surface area contributed by atoms with Crippen molar-refractivity contribution in [1.29, 1.82) is 0 Å². The Morgan fingerprint density at radius 3 is 3.00 bits per heavy atom. The second-order valence-electron chi connectivity index (χ2n) is 6.87. The van der Waals surface area contributed by atoms with E-state index in [-0.39, 0.29) is 5.91 Å². The zero-order valence-electron chi connectivity index (χ0n) is 15.2. The van der Waals surface area contributed by atoms with Crippen molar-refractivity contribution < 1.29 is 9.32 Å². The fourth-order valence-corrected chi connectivity index (χ4v) is 3.41. The van der Waals surface area contributed by atoms with Crippen molar-refractivity contribution in [2.45, 2.75) is 26.2 Å². The summed E-state index contributed by atoms with van der Waals surface area (Å²) in [6, 6.07) is 7.50. The molecule has 4 heterocycles. The first-order valence-corrected chi connectivity index (χ1v) is 9.14. The average molecular weight is 363 g/mol. The molecule has 4 rings (SSSR count). The van der Waals surface area contributed by atoms with E-state index in [0.29, 0.717) is 23.3 Å². The number of amides is 1. The second-order valence-corrected chi connectivity index (χ2v) is 6.87. The molecule has 3 aromatic heterocycles. The van der Waals surface area contributed by atoms with Gasteiger partial charge in [-0.2, -0.15) is 4.98 Å². The van der Waals surface area contributed by atoms with Crippen LogP contribution in [0, 0.1) is 12.8 Å². The summed E-state index contributed by atoms with van der Waals surface area (Å²) in [6.07, 6.45) is 7.74. The highest BCUT2D eigenvalue weighted by Crippen LogP contribution is 2.24. The van der Waals surface area contributed by atoms with E-state index in [1.54, 1.807) is 18.6 Å². The minimum atomic E-state index is 0.0222. The number of hydrogen-bond donors (Lipinski definition) is 0. The molecule has 0 spiro atoms. The molecular weight excluding hydrogens is 342 g/mol. The van der Waals surface area contributed by atoms with Gasteiger partial charge in [0, 0.05) is 38.1 Å². The van der Waals surface area contributed by atoms with Gasteiger partial charge in [0.05, 0.1) is 5.56 Å². The van der Waals surface area contributed by atoms with E-state index in [1.165, 1.54) is 0 Å². The first-order valence-electron chi connectivity index (χ1n) is 9.14. The summed E-state index contributed by atoms with van der Waals surface area (Å²) in [6.45, 7) is 3.44. The number of aryl methyl sites for hydroxylation is 2. The lowest BCUT2D eigenvalue weighted by atomic mass is 10.0. The molecule has 1 fully saturated rings. The van der Waals surface area contributed by atoms with Gasteiger partial charge in [-0.15, -0.1) is 0 Å². The summed E-state index contributed by atoms with van der Waals surface area (Å²) in [4.78, 5) is 27.3. The van der Waals surface area contributed by atoms with E-state index in [1.807, 2.05) is 36.1 Å². The van der Waals surface area contributed by atoms with Gasteiger partial charge in [0.15, 0.2) is 5.82 Å². The Hall–Kier alpha value is -3.09. The molecule has 0 aliphatic carbocycles. The minimum absolute atomic E-state index is 0.0222.